The number of benzene rings is 1. The number of amides is 1. The third kappa shape index (κ3) is 5.76. The van der Waals surface area contributed by atoms with Gasteiger partial charge in [-0.3, -0.25) is 0 Å². The maximum Gasteiger partial charge on any atom is 0.407 e. The SMILES string of the molecule is CC(C)(CC1CCNCC1)NC(=O)OCc1ccccc1. The van der Waals surface area contributed by atoms with E-state index in [-0.39, 0.29) is 11.6 Å². The van der Waals surface area contributed by atoms with Crippen molar-refractivity contribution >= 4 is 6.09 Å². The molecule has 4 nitrogen and oxygen atoms in total. The molecule has 1 fully saturated rings. The monoisotopic (exact) mass is 290 g/mol. The van der Waals surface area contributed by atoms with Crippen LogP contribution in [0.3, 0.4) is 0 Å². The molecule has 0 bridgehead atoms. The van der Waals surface area contributed by atoms with Gasteiger partial charge in [0.2, 0.25) is 0 Å². The zero-order valence-electron chi connectivity index (χ0n) is 13.0. The molecule has 1 aromatic rings. The summed E-state index contributed by atoms with van der Waals surface area (Å²) in [6, 6.07) is 9.74. The summed E-state index contributed by atoms with van der Waals surface area (Å²) in [6.07, 6.45) is 3.03. The van der Waals surface area contributed by atoms with E-state index in [1.807, 2.05) is 30.3 Å². The first-order chi connectivity index (χ1) is 10.1. The lowest BCUT2D eigenvalue weighted by molar-refractivity contribution is 0.124. The van der Waals surface area contributed by atoms with Gasteiger partial charge in [-0.25, -0.2) is 4.79 Å². The third-order valence-corrected chi connectivity index (χ3v) is 3.91. The minimum atomic E-state index is -0.335. The van der Waals surface area contributed by atoms with E-state index in [1.165, 1.54) is 12.8 Å². The molecule has 2 rings (SSSR count). The molecule has 116 valence electrons. The molecular formula is C17H26N2O2. The summed E-state index contributed by atoms with van der Waals surface area (Å²) in [4.78, 5) is 11.9. The molecule has 1 saturated heterocycles. The van der Waals surface area contributed by atoms with Gasteiger partial charge >= 0.3 is 6.09 Å². The van der Waals surface area contributed by atoms with Crippen LogP contribution < -0.4 is 10.6 Å². The Morgan fingerprint density at radius 3 is 2.62 bits per heavy atom. The second kappa shape index (κ2) is 7.46. The zero-order valence-corrected chi connectivity index (χ0v) is 13.0. The first-order valence-corrected chi connectivity index (χ1v) is 7.75. The van der Waals surface area contributed by atoms with Gasteiger partial charge < -0.3 is 15.4 Å². The van der Waals surface area contributed by atoms with Crippen molar-refractivity contribution in [2.45, 2.75) is 45.3 Å². The molecule has 0 saturated carbocycles. The van der Waals surface area contributed by atoms with Crippen LogP contribution in [0.15, 0.2) is 30.3 Å². The Morgan fingerprint density at radius 2 is 1.95 bits per heavy atom. The second-order valence-corrected chi connectivity index (χ2v) is 6.47. The van der Waals surface area contributed by atoms with E-state index < -0.39 is 0 Å². The molecule has 2 N–H and O–H groups in total. The van der Waals surface area contributed by atoms with Crippen LogP contribution in [0.25, 0.3) is 0 Å². The minimum Gasteiger partial charge on any atom is -0.445 e. The highest BCUT2D eigenvalue weighted by atomic mass is 16.5. The van der Waals surface area contributed by atoms with Crippen molar-refractivity contribution in [2.75, 3.05) is 13.1 Å². The van der Waals surface area contributed by atoms with Gasteiger partial charge in [0.1, 0.15) is 6.61 Å². The van der Waals surface area contributed by atoms with E-state index in [9.17, 15) is 4.79 Å². The maximum atomic E-state index is 11.9. The lowest BCUT2D eigenvalue weighted by atomic mass is 9.85. The molecule has 0 atom stereocenters. The summed E-state index contributed by atoms with van der Waals surface area (Å²) < 4.78 is 5.29. The van der Waals surface area contributed by atoms with Gasteiger partial charge in [0, 0.05) is 5.54 Å². The average molecular weight is 290 g/mol. The lowest BCUT2D eigenvalue weighted by Crippen LogP contribution is -2.46. The van der Waals surface area contributed by atoms with Crippen molar-refractivity contribution < 1.29 is 9.53 Å². The fourth-order valence-electron chi connectivity index (χ4n) is 2.89. The molecule has 1 heterocycles. The molecule has 0 aliphatic carbocycles. The Balaban J connectivity index is 1.74. The van der Waals surface area contributed by atoms with Crippen LogP contribution in [-0.2, 0) is 11.3 Å². The van der Waals surface area contributed by atoms with Crippen LogP contribution in [0.5, 0.6) is 0 Å². The van der Waals surface area contributed by atoms with Crippen molar-refractivity contribution in [3.05, 3.63) is 35.9 Å². The van der Waals surface area contributed by atoms with E-state index in [0.717, 1.165) is 25.1 Å². The van der Waals surface area contributed by atoms with Gasteiger partial charge in [-0.1, -0.05) is 30.3 Å². The van der Waals surface area contributed by atoms with E-state index in [4.69, 9.17) is 4.74 Å². The summed E-state index contributed by atoms with van der Waals surface area (Å²) in [5.41, 5.74) is 0.777. The molecule has 21 heavy (non-hydrogen) atoms. The number of nitrogens with one attached hydrogen (secondary N) is 2. The fraction of sp³-hybridized carbons (Fsp3) is 0.588. The van der Waals surface area contributed by atoms with E-state index in [2.05, 4.69) is 24.5 Å². The Kier molecular flexibility index (Phi) is 5.62. The largest absolute Gasteiger partial charge is 0.445 e. The summed E-state index contributed by atoms with van der Waals surface area (Å²) in [5, 5.41) is 6.36. The predicted octanol–water partition coefficient (Wildman–Crippen LogP) is 3.08. The minimum absolute atomic E-state index is 0.226. The van der Waals surface area contributed by atoms with Crippen molar-refractivity contribution in [3.8, 4) is 0 Å². The van der Waals surface area contributed by atoms with Gasteiger partial charge in [0.15, 0.2) is 0 Å². The van der Waals surface area contributed by atoms with Crippen LogP contribution in [-0.4, -0.2) is 24.7 Å². The lowest BCUT2D eigenvalue weighted by Gasteiger charge is -2.32. The molecule has 0 radical (unpaired) electrons. The summed E-state index contributed by atoms with van der Waals surface area (Å²) in [6.45, 7) is 6.62. The van der Waals surface area contributed by atoms with E-state index in [0.29, 0.717) is 12.5 Å². The van der Waals surface area contributed by atoms with E-state index in [1.54, 1.807) is 0 Å². The number of alkyl carbamates (subject to hydrolysis) is 1. The van der Waals surface area contributed by atoms with Crippen molar-refractivity contribution in [1.29, 1.82) is 0 Å². The standard InChI is InChI=1S/C17H26N2O2/c1-17(2,12-14-8-10-18-11-9-14)19-16(20)21-13-15-6-4-3-5-7-15/h3-7,14,18H,8-13H2,1-2H3,(H,19,20). The fourth-order valence-corrected chi connectivity index (χ4v) is 2.89. The van der Waals surface area contributed by atoms with Crippen LogP contribution in [0, 0.1) is 5.92 Å². The average Bonchev–Trinajstić information content (AvgIpc) is 2.46. The van der Waals surface area contributed by atoms with Crippen LogP contribution >= 0.6 is 0 Å². The van der Waals surface area contributed by atoms with Gasteiger partial charge in [-0.05, 0) is 57.7 Å². The Labute approximate surface area is 127 Å². The second-order valence-electron chi connectivity index (χ2n) is 6.47. The van der Waals surface area contributed by atoms with Crippen LogP contribution in [0.4, 0.5) is 4.79 Å². The number of hydrogen-bond donors (Lipinski definition) is 2. The Morgan fingerprint density at radius 1 is 1.29 bits per heavy atom. The van der Waals surface area contributed by atoms with Crippen LogP contribution in [0.2, 0.25) is 0 Å². The van der Waals surface area contributed by atoms with E-state index >= 15 is 0 Å². The van der Waals surface area contributed by atoms with Gasteiger partial charge in [-0.15, -0.1) is 0 Å². The van der Waals surface area contributed by atoms with Crippen molar-refractivity contribution in [1.82, 2.24) is 10.6 Å². The maximum absolute atomic E-state index is 11.9. The van der Waals surface area contributed by atoms with Crippen molar-refractivity contribution in [2.24, 2.45) is 5.92 Å². The molecule has 1 aromatic carbocycles. The highest BCUT2D eigenvalue weighted by molar-refractivity contribution is 5.68. The number of piperidine rings is 1. The molecule has 1 amide bonds. The first kappa shape index (κ1) is 15.8. The van der Waals surface area contributed by atoms with Gasteiger partial charge in [0.25, 0.3) is 0 Å². The number of carbonyl (C=O) groups is 1. The smallest absolute Gasteiger partial charge is 0.407 e. The molecule has 0 aromatic heterocycles. The number of rotatable bonds is 5. The summed E-state index contributed by atoms with van der Waals surface area (Å²) >= 11 is 0. The number of hydrogen-bond acceptors (Lipinski definition) is 3. The molecule has 1 aliphatic rings. The van der Waals surface area contributed by atoms with Crippen LogP contribution in [0.1, 0.15) is 38.7 Å². The predicted molar refractivity (Wildman–Crippen MR) is 84.1 cm³/mol. The van der Waals surface area contributed by atoms with Gasteiger partial charge in [-0.2, -0.15) is 0 Å². The first-order valence-electron chi connectivity index (χ1n) is 7.75. The highest BCUT2D eigenvalue weighted by Gasteiger charge is 2.26. The summed E-state index contributed by atoms with van der Waals surface area (Å²) in [5.74, 6) is 0.677. The molecule has 4 heteroatoms. The topological polar surface area (TPSA) is 50.4 Å². The van der Waals surface area contributed by atoms with Gasteiger partial charge in [0.05, 0.1) is 0 Å². The zero-order chi connectivity index (χ0) is 15.1. The highest BCUT2D eigenvalue weighted by Crippen LogP contribution is 2.23. The third-order valence-electron chi connectivity index (χ3n) is 3.91. The molecule has 0 spiro atoms. The normalized spacial score (nSPS) is 16.5. The van der Waals surface area contributed by atoms with Crippen molar-refractivity contribution in [3.63, 3.8) is 0 Å². The summed E-state index contributed by atoms with van der Waals surface area (Å²) in [7, 11) is 0. The molecule has 0 unspecified atom stereocenters. The number of carbonyl (C=O) groups excluding carboxylic acids is 1. The molecule has 1 aliphatic heterocycles. The Hall–Kier alpha value is -1.55. The molecular weight excluding hydrogens is 264 g/mol. The Bertz CT molecular complexity index is 439. The number of ether oxygens (including phenoxy) is 1. The quantitative estimate of drug-likeness (QED) is 0.876.